The lowest BCUT2D eigenvalue weighted by molar-refractivity contribution is -0.141. The molecule has 1 rings (SSSR count). The van der Waals surface area contributed by atoms with E-state index in [-0.39, 0.29) is 6.42 Å². The monoisotopic (exact) mass is 462 g/mol. The largest absolute Gasteiger partial charge is 0.494 e. The van der Waals surface area contributed by atoms with Gasteiger partial charge in [0.25, 0.3) is 0 Å². The normalized spacial score (nSPS) is 13.7. The Morgan fingerprint density at radius 1 is 1.21 bits per heavy atom. The molecule has 1 unspecified atom stereocenters. The van der Waals surface area contributed by atoms with Crippen molar-refractivity contribution < 1.29 is 19.4 Å². The van der Waals surface area contributed by atoms with Crippen LogP contribution in [0.15, 0.2) is 108 Å². The minimum atomic E-state index is -1.08. The van der Waals surface area contributed by atoms with Crippen LogP contribution in [0, 0.1) is 0 Å². The summed E-state index contributed by atoms with van der Waals surface area (Å²) in [4.78, 5) is 28.4. The molecular formula is C28H34N2O4. The Hall–Kier alpha value is -3.93. The van der Waals surface area contributed by atoms with Gasteiger partial charge in [0.2, 0.25) is 5.91 Å². The minimum Gasteiger partial charge on any atom is -0.494 e. The molecule has 0 saturated heterocycles. The van der Waals surface area contributed by atoms with Gasteiger partial charge in [-0.05, 0) is 44.4 Å². The second kappa shape index (κ2) is 15.8. The van der Waals surface area contributed by atoms with Gasteiger partial charge in [-0.15, -0.1) is 6.58 Å². The van der Waals surface area contributed by atoms with Gasteiger partial charge in [-0.1, -0.05) is 61.2 Å². The third kappa shape index (κ3) is 11.6. The van der Waals surface area contributed by atoms with Gasteiger partial charge in [-0.2, -0.15) is 0 Å². The maximum atomic E-state index is 12.6. The number of hydrogen-bond acceptors (Lipinski definition) is 4. The Morgan fingerprint density at radius 3 is 2.53 bits per heavy atom. The average Bonchev–Trinajstić information content (AvgIpc) is 2.81. The molecule has 0 saturated carbocycles. The third-order valence-corrected chi connectivity index (χ3v) is 4.54. The van der Waals surface area contributed by atoms with Crippen molar-refractivity contribution in [1.82, 2.24) is 5.32 Å². The molecule has 1 amide bonds. The molecule has 2 N–H and O–H groups in total. The summed E-state index contributed by atoms with van der Waals surface area (Å²) in [5.74, 6) is -0.849. The van der Waals surface area contributed by atoms with E-state index in [1.807, 2.05) is 56.3 Å². The first kappa shape index (κ1) is 28.1. The molecule has 6 heteroatoms. The lowest BCUT2D eigenvalue weighted by Crippen LogP contribution is -2.42. The number of nitrogens with zero attached hydrogens (tertiary/aromatic N) is 1. The number of ether oxygens (including phenoxy) is 1. The predicted molar refractivity (Wildman–Crippen MR) is 139 cm³/mol. The summed E-state index contributed by atoms with van der Waals surface area (Å²) in [5.41, 5.74) is 2.79. The molecule has 0 heterocycles. The smallest absolute Gasteiger partial charge is 0.326 e. The van der Waals surface area contributed by atoms with Crippen LogP contribution in [-0.2, 0) is 20.7 Å². The van der Waals surface area contributed by atoms with Crippen LogP contribution in [0.4, 0.5) is 0 Å². The van der Waals surface area contributed by atoms with Gasteiger partial charge in [-0.25, -0.2) is 4.79 Å². The molecule has 0 aliphatic heterocycles. The molecule has 0 aliphatic carbocycles. The number of rotatable bonds is 14. The van der Waals surface area contributed by atoms with Crippen LogP contribution in [0.1, 0.15) is 32.8 Å². The summed E-state index contributed by atoms with van der Waals surface area (Å²) in [7, 11) is 0. The number of amides is 1. The van der Waals surface area contributed by atoms with E-state index >= 15 is 0 Å². The van der Waals surface area contributed by atoms with Gasteiger partial charge in [-0.3, -0.25) is 9.79 Å². The van der Waals surface area contributed by atoms with E-state index in [4.69, 9.17) is 4.74 Å². The highest BCUT2D eigenvalue weighted by atomic mass is 16.5. The Kier molecular flexibility index (Phi) is 13.1. The SMILES string of the molecule is C=CCC(=C\C=C(/C)OCC(=C)C=N/C=C\C)/C=C(\C)C(=O)NC(Cc1ccccc1)C(=O)O. The molecule has 0 aliphatic rings. The van der Waals surface area contributed by atoms with E-state index < -0.39 is 17.9 Å². The van der Waals surface area contributed by atoms with E-state index in [0.717, 1.165) is 16.7 Å². The highest BCUT2D eigenvalue weighted by molar-refractivity contribution is 5.95. The maximum Gasteiger partial charge on any atom is 0.326 e. The zero-order chi connectivity index (χ0) is 25.3. The molecule has 0 spiro atoms. The fourth-order valence-electron chi connectivity index (χ4n) is 2.76. The van der Waals surface area contributed by atoms with E-state index in [0.29, 0.717) is 24.4 Å². The first-order valence-electron chi connectivity index (χ1n) is 11.0. The maximum absolute atomic E-state index is 12.6. The number of benzene rings is 1. The number of aliphatic carboxylic acids is 1. The van der Waals surface area contributed by atoms with Crippen LogP contribution < -0.4 is 5.32 Å². The van der Waals surface area contributed by atoms with Crippen LogP contribution >= 0.6 is 0 Å². The molecule has 0 aromatic heterocycles. The van der Waals surface area contributed by atoms with Gasteiger partial charge < -0.3 is 15.2 Å². The van der Waals surface area contributed by atoms with Crippen molar-refractivity contribution in [3.63, 3.8) is 0 Å². The zero-order valence-electron chi connectivity index (χ0n) is 20.2. The highest BCUT2D eigenvalue weighted by Crippen LogP contribution is 2.11. The van der Waals surface area contributed by atoms with Gasteiger partial charge >= 0.3 is 5.97 Å². The predicted octanol–water partition coefficient (Wildman–Crippen LogP) is 5.33. The molecule has 180 valence electrons. The van der Waals surface area contributed by atoms with Crippen LogP contribution in [0.5, 0.6) is 0 Å². The summed E-state index contributed by atoms with van der Waals surface area (Å²) in [6, 6.07) is 8.16. The van der Waals surface area contributed by atoms with Crippen LogP contribution in [-0.4, -0.2) is 35.8 Å². The molecule has 1 atom stereocenters. The number of carbonyl (C=O) groups is 2. The topological polar surface area (TPSA) is 88.0 Å². The van der Waals surface area contributed by atoms with E-state index in [1.165, 1.54) is 0 Å². The van der Waals surface area contributed by atoms with Gasteiger partial charge in [0.05, 0.1) is 5.76 Å². The number of allylic oxidation sites excluding steroid dienone is 7. The molecule has 34 heavy (non-hydrogen) atoms. The molecule has 1 aromatic rings. The molecule has 6 nitrogen and oxygen atoms in total. The van der Waals surface area contributed by atoms with Gasteiger partial charge in [0.1, 0.15) is 12.6 Å². The van der Waals surface area contributed by atoms with Gasteiger partial charge in [0, 0.05) is 30.0 Å². The first-order chi connectivity index (χ1) is 16.3. The molecule has 0 fully saturated rings. The molecule has 0 bridgehead atoms. The van der Waals surface area contributed by atoms with Crippen LogP contribution in [0.3, 0.4) is 0 Å². The standard InChI is InChI=1S/C28H34N2O4/c1-6-11-24(15-14-23(5)34-20-21(3)19-29-16-7-2)17-22(4)27(31)30-26(28(32)33)18-25-12-9-8-10-13-25/h6-10,12-17,19,26H,1,3,11,18,20H2,2,4-5H3,(H,30,31)(H,32,33)/b16-7-,22-17+,23-14+,24-15+,29-19?. The molecule has 1 aromatic carbocycles. The summed E-state index contributed by atoms with van der Waals surface area (Å²) in [6.45, 7) is 13.3. The van der Waals surface area contributed by atoms with Crippen molar-refractivity contribution in [2.75, 3.05) is 6.61 Å². The van der Waals surface area contributed by atoms with E-state index in [1.54, 1.807) is 37.6 Å². The number of carbonyl (C=O) groups excluding carboxylic acids is 1. The van der Waals surface area contributed by atoms with Crippen molar-refractivity contribution in [1.29, 1.82) is 0 Å². The fraction of sp³-hybridized carbons (Fsp3) is 0.250. The summed E-state index contributed by atoms with van der Waals surface area (Å²) in [5, 5.41) is 12.1. The first-order valence-corrected chi connectivity index (χ1v) is 11.0. The summed E-state index contributed by atoms with van der Waals surface area (Å²) < 4.78 is 5.66. The Balaban J connectivity index is 2.84. The number of carboxylic acids is 1. The van der Waals surface area contributed by atoms with Crippen LogP contribution in [0.25, 0.3) is 0 Å². The molecule has 0 radical (unpaired) electrons. The van der Waals surface area contributed by atoms with E-state index in [2.05, 4.69) is 23.5 Å². The number of nitrogens with one attached hydrogen (secondary N) is 1. The summed E-state index contributed by atoms with van der Waals surface area (Å²) >= 11 is 0. The van der Waals surface area contributed by atoms with Crippen molar-refractivity contribution in [3.8, 4) is 0 Å². The lowest BCUT2D eigenvalue weighted by Gasteiger charge is -2.15. The lowest BCUT2D eigenvalue weighted by atomic mass is 10.0. The van der Waals surface area contributed by atoms with Crippen molar-refractivity contribution in [3.05, 3.63) is 108 Å². The Morgan fingerprint density at radius 2 is 1.91 bits per heavy atom. The summed E-state index contributed by atoms with van der Waals surface area (Å²) in [6.07, 6.45) is 12.9. The fourth-order valence-corrected chi connectivity index (χ4v) is 2.76. The van der Waals surface area contributed by atoms with E-state index in [9.17, 15) is 14.7 Å². The van der Waals surface area contributed by atoms with Crippen molar-refractivity contribution in [2.24, 2.45) is 4.99 Å². The van der Waals surface area contributed by atoms with Crippen molar-refractivity contribution in [2.45, 2.75) is 39.7 Å². The average molecular weight is 463 g/mol. The second-order valence-corrected chi connectivity index (χ2v) is 7.60. The van der Waals surface area contributed by atoms with Crippen molar-refractivity contribution >= 4 is 18.1 Å². The second-order valence-electron chi connectivity index (χ2n) is 7.60. The Bertz CT molecular complexity index is 998. The van der Waals surface area contributed by atoms with Gasteiger partial charge in [0.15, 0.2) is 0 Å². The Labute approximate surface area is 202 Å². The quantitative estimate of drug-likeness (QED) is 0.129. The zero-order valence-corrected chi connectivity index (χ0v) is 20.2. The number of aliphatic imine (C=N–C) groups is 1. The number of hydrogen-bond donors (Lipinski definition) is 2. The highest BCUT2D eigenvalue weighted by Gasteiger charge is 2.21. The van der Waals surface area contributed by atoms with Crippen LogP contribution in [0.2, 0.25) is 0 Å². The minimum absolute atomic E-state index is 0.203. The molecular weight excluding hydrogens is 428 g/mol. The third-order valence-electron chi connectivity index (χ3n) is 4.54. The number of carboxylic acid groups (broad SMARTS) is 1.